The molecule has 28 heavy (non-hydrogen) atoms. The molecule has 7 heteroatoms. The maximum atomic E-state index is 12.8. The van der Waals surface area contributed by atoms with Crippen molar-refractivity contribution in [3.8, 4) is 0 Å². The lowest BCUT2D eigenvalue weighted by molar-refractivity contribution is -0.137. The molecule has 2 aromatic carbocycles. The van der Waals surface area contributed by atoms with E-state index in [1.54, 1.807) is 12.4 Å². The zero-order valence-electron chi connectivity index (χ0n) is 14.5. The van der Waals surface area contributed by atoms with Crippen LogP contribution in [0.2, 0.25) is 0 Å². The van der Waals surface area contributed by atoms with Crippen molar-refractivity contribution in [2.45, 2.75) is 12.7 Å². The summed E-state index contributed by atoms with van der Waals surface area (Å²) in [6, 6.07) is 12.5. The Hall–Kier alpha value is -3.48. The fraction of sp³-hybridized carbons (Fsp3) is 0.0952. The lowest BCUT2D eigenvalue weighted by atomic mass is 10.1. The van der Waals surface area contributed by atoms with Gasteiger partial charge in [0, 0.05) is 35.9 Å². The Kier molecular flexibility index (Phi) is 4.43. The molecular formula is C21H14F3N3O. The number of rotatable bonds is 3. The van der Waals surface area contributed by atoms with E-state index in [0.717, 1.165) is 28.5 Å². The van der Waals surface area contributed by atoms with Crippen molar-refractivity contribution in [1.82, 2.24) is 15.3 Å². The van der Waals surface area contributed by atoms with Gasteiger partial charge in [0.2, 0.25) is 0 Å². The second kappa shape index (κ2) is 6.92. The molecule has 0 spiro atoms. The Balaban J connectivity index is 1.55. The Morgan fingerprint density at radius 3 is 2.68 bits per heavy atom. The van der Waals surface area contributed by atoms with Crippen LogP contribution in [0.25, 0.3) is 21.7 Å². The van der Waals surface area contributed by atoms with Crippen LogP contribution in [-0.4, -0.2) is 15.9 Å². The minimum absolute atomic E-state index is 0.187. The van der Waals surface area contributed by atoms with E-state index < -0.39 is 11.7 Å². The number of carbonyl (C=O) groups excluding carboxylic acids is 1. The number of aromatic nitrogens is 2. The highest BCUT2D eigenvalue weighted by Crippen LogP contribution is 2.31. The number of amides is 1. The third-order valence-electron chi connectivity index (χ3n) is 4.49. The molecular weight excluding hydrogens is 367 g/mol. The molecule has 2 heterocycles. The first-order valence-electron chi connectivity index (χ1n) is 8.49. The van der Waals surface area contributed by atoms with Gasteiger partial charge in [0.15, 0.2) is 0 Å². The summed E-state index contributed by atoms with van der Waals surface area (Å²) in [5.41, 5.74) is 0.619. The Morgan fingerprint density at radius 2 is 1.86 bits per heavy atom. The van der Waals surface area contributed by atoms with Gasteiger partial charge in [-0.15, -0.1) is 0 Å². The molecule has 0 radical (unpaired) electrons. The molecule has 0 aliphatic rings. The van der Waals surface area contributed by atoms with Gasteiger partial charge in [-0.1, -0.05) is 24.3 Å². The lowest BCUT2D eigenvalue weighted by Crippen LogP contribution is -2.23. The van der Waals surface area contributed by atoms with E-state index in [4.69, 9.17) is 0 Å². The highest BCUT2D eigenvalue weighted by atomic mass is 19.4. The van der Waals surface area contributed by atoms with E-state index >= 15 is 0 Å². The molecule has 2 aromatic heterocycles. The van der Waals surface area contributed by atoms with Gasteiger partial charge in [-0.05, 0) is 35.2 Å². The van der Waals surface area contributed by atoms with E-state index in [1.807, 2.05) is 24.3 Å². The van der Waals surface area contributed by atoms with Gasteiger partial charge in [-0.3, -0.25) is 14.8 Å². The van der Waals surface area contributed by atoms with Crippen LogP contribution in [0.4, 0.5) is 13.2 Å². The number of fused-ring (bicyclic) bond motifs is 2. The third kappa shape index (κ3) is 3.51. The number of pyridine rings is 2. The maximum absolute atomic E-state index is 12.8. The number of halogens is 3. The molecule has 0 saturated heterocycles. The summed E-state index contributed by atoms with van der Waals surface area (Å²) in [5, 5.41) is 5.26. The summed E-state index contributed by atoms with van der Waals surface area (Å²) < 4.78 is 38.4. The van der Waals surface area contributed by atoms with Gasteiger partial charge >= 0.3 is 6.18 Å². The molecule has 4 aromatic rings. The first-order valence-corrected chi connectivity index (χ1v) is 8.49. The third-order valence-corrected chi connectivity index (χ3v) is 4.49. The highest BCUT2D eigenvalue weighted by Gasteiger charge is 2.30. The number of nitrogens with zero attached hydrogens (tertiary/aromatic N) is 2. The molecule has 0 aliphatic heterocycles. The van der Waals surface area contributed by atoms with E-state index in [2.05, 4.69) is 15.3 Å². The SMILES string of the molecule is O=C(NCc1cccc2ccncc12)c1cnc2cc(C(F)(F)F)ccc2c1. The van der Waals surface area contributed by atoms with Crippen LogP contribution in [0.15, 0.2) is 67.1 Å². The molecule has 4 nitrogen and oxygen atoms in total. The van der Waals surface area contributed by atoms with Gasteiger partial charge in [-0.25, -0.2) is 0 Å². The van der Waals surface area contributed by atoms with Crippen molar-refractivity contribution in [1.29, 1.82) is 0 Å². The first-order chi connectivity index (χ1) is 13.4. The molecule has 0 saturated carbocycles. The summed E-state index contributed by atoms with van der Waals surface area (Å²) >= 11 is 0. The van der Waals surface area contributed by atoms with Gasteiger partial charge in [0.05, 0.1) is 16.6 Å². The number of alkyl halides is 3. The standard InChI is InChI=1S/C21H14F3N3O/c22-21(23,24)17-5-4-14-8-16(11-26-19(14)9-17)20(28)27-10-15-3-1-2-13-6-7-25-12-18(13)15/h1-9,11-12H,10H2,(H,27,28). The molecule has 140 valence electrons. The molecule has 1 N–H and O–H groups in total. The van der Waals surface area contributed by atoms with Crippen molar-refractivity contribution in [3.63, 3.8) is 0 Å². The highest BCUT2D eigenvalue weighted by molar-refractivity contribution is 5.97. The average molecular weight is 381 g/mol. The van der Waals surface area contributed by atoms with E-state index in [9.17, 15) is 18.0 Å². The van der Waals surface area contributed by atoms with Gasteiger partial charge in [0.25, 0.3) is 5.91 Å². The molecule has 0 atom stereocenters. The number of carbonyl (C=O) groups is 1. The van der Waals surface area contributed by atoms with E-state index in [-0.39, 0.29) is 17.0 Å². The summed E-state index contributed by atoms with van der Waals surface area (Å²) in [7, 11) is 0. The van der Waals surface area contributed by atoms with Crippen molar-refractivity contribution in [3.05, 3.63) is 83.8 Å². The van der Waals surface area contributed by atoms with Crippen LogP contribution in [0, 0.1) is 0 Å². The largest absolute Gasteiger partial charge is 0.416 e. The molecule has 1 amide bonds. The number of hydrogen-bond donors (Lipinski definition) is 1. The average Bonchev–Trinajstić information content (AvgIpc) is 2.70. The number of hydrogen-bond acceptors (Lipinski definition) is 3. The van der Waals surface area contributed by atoms with Crippen molar-refractivity contribution in [2.24, 2.45) is 0 Å². The van der Waals surface area contributed by atoms with Crippen molar-refractivity contribution in [2.75, 3.05) is 0 Å². The minimum Gasteiger partial charge on any atom is -0.348 e. The molecule has 0 aliphatic carbocycles. The molecule has 0 bridgehead atoms. The topological polar surface area (TPSA) is 54.9 Å². The first kappa shape index (κ1) is 17.9. The van der Waals surface area contributed by atoms with Crippen LogP contribution in [0.1, 0.15) is 21.5 Å². The molecule has 4 rings (SSSR count). The predicted molar refractivity (Wildman–Crippen MR) is 99.7 cm³/mol. The van der Waals surface area contributed by atoms with Crippen LogP contribution in [0.3, 0.4) is 0 Å². The quantitative estimate of drug-likeness (QED) is 0.558. The molecule has 0 unspecified atom stereocenters. The molecule has 0 fully saturated rings. The van der Waals surface area contributed by atoms with Gasteiger partial charge in [-0.2, -0.15) is 13.2 Å². The fourth-order valence-corrected chi connectivity index (χ4v) is 3.03. The minimum atomic E-state index is -4.43. The zero-order valence-corrected chi connectivity index (χ0v) is 14.5. The Bertz CT molecular complexity index is 1180. The Labute approximate surface area is 158 Å². The van der Waals surface area contributed by atoms with E-state index in [0.29, 0.717) is 11.9 Å². The summed E-state index contributed by atoms with van der Waals surface area (Å²) in [5.74, 6) is -0.352. The summed E-state index contributed by atoms with van der Waals surface area (Å²) in [4.78, 5) is 20.6. The summed E-state index contributed by atoms with van der Waals surface area (Å²) in [6.07, 6.45) is 0.296. The van der Waals surface area contributed by atoms with Crippen LogP contribution < -0.4 is 5.32 Å². The van der Waals surface area contributed by atoms with Crippen LogP contribution in [0.5, 0.6) is 0 Å². The lowest BCUT2D eigenvalue weighted by Gasteiger charge is -2.10. The predicted octanol–water partition coefficient (Wildman–Crippen LogP) is 4.73. The van der Waals surface area contributed by atoms with E-state index in [1.165, 1.54) is 18.3 Å². The van der Waals surface area contributed by atoms with Gasteiger partial charge < -0.3 is 5.32 Å². The van der Waals surface area contributed by atoms with Crippen molar-refractivity contribution < 1.29 is 18.0 Å². The maximum Gasteiger partial charge on any atom is 0.416 e. The second-order valence-electron chi connectivity index (χ2n) is 6.33. The van der Waals surface area contributed by atoms with Crippen LogP contribution >= 0.6 is 0 Å². The number of benzene rings is 2. The monoisotopic (exact) mass is 381 g/mol. The fourth-order valence-electron chi connectivity index (χ4n) is 3.03. The summed E-state index contributed by atoms with van der Waals surface area (Å²) in [6.45, 7) is 0.299. The second-order valence-corrected chi connectivity index (χ2v) is 6.33. The van der Waals surface area contributed by atoms with Crippen LogP contribution in [-0.2, 0) is 12.7 Å². The van der Waals surface area contributed by atoms with Crippen molar-refractivity contribution >= 4 is 27.6 Å². The number of nitrogens with one attached hydrogen (secondary N) is 1. The Morgan fingerprint density at radius 1 is 1.00 bits per heavy atom. The zero-order chi connectivity index (χ0) is 19.7. The smallest absolute Gasteiger partial charge is 0.348 e. The normalized spacial score (nSPS) is 11.7. The van der Waals surface area contributed by atoms with Gasteiger partial charge in [0.1, 0.15) is 0 Å².